The summed E-state index contributed by atoms with van der Waals surface area (Å²) in [6, 6.07) is 13.2. The molecule has 1 fully saturated rings. The molecule has 0 radical (unpaired) electrons. The van der Waals surface area contributed by atoms with E-state index in [2.05, 4.69) is 80.8 Å². The van der Waals surface area contributed by atoms with Crippen LogP contribution in [0.1, 0.15) is 18.1 Å². The van der Waals surface area contributed by atoms with Crippen LogP contribution in [0.3, 0.4) is 0 Å². The molecule has 7 heteroatoms. The van der Waals surface area contributed by atoms with Gasteiger partial charge in [-0.25, -0.2) is 0 Å². The van der Waals surface area contributed by atoms with Crippen molar-refractivity contribution in [2.75, 3.05) is 51.7 Å². The van der Waals surface area contributed by atoms with Crippen molar-refractivity contribution in [2.24, 2.45) is 4.99 Å². The SMILES string of the molecule is CCN(C)Cc1cccc(CNC(=NC)N2CCN(c3cccs3)CC2)c1.I. The highest BCUT2D eigenvalue weighted by atomic mass is 127. The average Bonchev–Trinajstić information content (AvgIpc) is 3.24. The number of aliphatic imine (C=N–C) groups is 1. The number of thiophene rings is 1. The molecule has 28 heavy (non-hydrogen) atoms. The van der Waals surface area contributed by atoms with Crippen LogP contribution < -0.4 is 10.2 Å². The van der Waals surface area contributed by atoms with Crippen LogP contribution in [0.25, 0.3) is 0 Å². The van der Waals surface area contributed by atoms with E-state index in [0.717, 1.165) is 51.8 Å². The number of piperazine rings is 1. The van der Waals surface area contributed by atoms with Crippen molar-refractivity contribution in [1.29, 1.82) is 0 Å². The Kier molecular flexibility index (Phi) is 9.53. The van der Waals surface area contributed by atoms with Crippen molar-refractivity contribution in [3.05, 3.63) is 52.9 Å². The molecule has 0 atom stereocenters. The third kappa shape index (κ3) is 6.35. The van der Waals surface area contributed by atoms with Crippen molar-refractivity contribution in [3.8, 4) is 0 Å². The topological polar surface area (TPSA) is 34.1 Å². The van der Waals surface area contributed by atoms with Gasteiger partial charge in [-0.2, -0.15) is 0 Å². The zero-order chi connectivity index (χ0) is 19.1. The van der Waals surface area contributed by atoms with Crippen LogP contribution in [0.2, 0.25) is 0 Å². The number of nitrogens with zero attached hydrogens (tertiary/aromatic N) is 4. The molecular formula is C21H32IN5S. The summed E-state index contributed by atoms with van der Waals surface area (Å²) >= 11 is 1.82. The third-order valence-corrected chi connectivity index (χ3v) is 5.97. The quantitative estimate of drug-likeness (QED) is 0.363. The van der Waals surface area contributed by atoms with Gasteiger partial charge in [0.25, 0.3) is 0 Å². The van der Waals surface area contributed by atoms with Crippen molar-refractivity contribution in [1.82, 2.24) is 15.1 Å². The predicted molar refractivity (Wildman–Crippen MR) is 132 cm³/mol. The van der Waals surface area contributed by atoms with Gasteiger partial charge in [0.2, 0.25) is 0 Å². The van der Waals surface area contributed by atoms with Gasteiger partial charge in [0.05, 0.1) is 5.00 Å². The number of hydrogen-bond acceptors (Lipinski definition) is 4. The molecule has 0 saturated carbocycles. The number of anilines is 1. The van der Waals surface area contributed by atoms with E-state index >= 15 is 0 Å². The largest absolute Gasteiger partial charge is 0.360 e. The number of hydrogen-bond donors (Lipinski definition) is 1. The van der Waals surface area contributed by atoms with Crippen LogP contribution in [-0.4, -0.2) is 62.6 Å². The molecule has 1 aromatic carbocycles. The standard InChI is InChI=1S/C21H31N5S.HI/c1-4-24(3)17-19-8-5-7-18(15-19)16-23-21(22-2)26-12-10-25(11-13-26)20-9-6-14-27-20;/h5-9,14-15H,4,10-13,16-17H2,1-3H3,(H,22,23);1H. The van der Waals surface area contributed by atoms with E-state index in [-0.39, 0.29) is 24.0 Å². The fraction of sp³-hybridized carbons (Fsp3) is 0.476. The average molecular weight is 513 g/mol. The van der Waals surface area contributed by atoms with Crippen LogP contribution in [-0.2, 0) is 13.1 Å². The fourth-order valence-corrected chi connectivity index (χ4v) is 4.15. The van der Waals surface area contributed by atoms with E-state index in [0.29, 0.717) is 0 Å². The smallest absolute Gasteiger partial charge is 0.194 e. The van der Waals surface area contributed by atoms with Crippen LogP contribution in [0.5, 0.6) is 0 Å². The summed E-state index contributed by atoms with van der Waals surface area (Å²) in [7, 11) is 4.03. The highest BCUT2D eigenvalue weighted by Crippen LogP contribution is 2.22. The van der Waals surface area contributed by atoms with Gasteiger partial charge in [-0.3, -0.25) is 4.99 Å². The number of guanidine groups is 1. The molecule has 1 N–H and O–H groups in total. The Hall–Kier alpha value is -1.32. The molecule has 0 aliphatic carbocycles. The Morgan fingerprint density at radius 2 is 1.89 bits per heavy atom. The van der Waals surface area contributed by atoms with E-state index in [1.54, 1.807) is 0 Å². The van der Waals surface area contributed by atoms with Crippen molar-refractivity contribution in [3.63, 3.8) is 0 Å². The highest BCUT2D eigenvalue weighted by Gasteiger charge is 2.20. The van der Waals surface area contributed by atoms with Gasteiger partial charge < -0.3 is 20.0 Å². The summed E-state index contributed by atoms with van der Waals surface area (Å²) in [5.41, 5.74) is 2.66. The summed E-state index contributed by atoms with van der Waals surface area (Å²) in [6.07, 6.45) is 0. The number of nitrogens with one attached hydrogen (secondary N) is 1. The molecule has 1 aromatic heterocycles. The van der Waals surface area contributed by atoms with Gasteiger partial charge in [0, 0.05) is 46.3 Å². The molecular weight excluding hydrogens is 481 g/mol. The van der Waals surface area contributed by atoms with Crippen LogP contribution >= 0.6 is 35.3 Å². The molecule has 0 bridgehead atoms. The lowest BCUT2D eigenvalue weighted by Gasteiger charge is -2.37. The number of halogens is 1. The first-order valence-electron chi connectivity index (χ1n) is 9.70. The van der Waals surface area contributed by atoms with E-state index < -0.39 is 0 Å². The first-order valence-corrected chi connectivity index (χ1v) is 10.6. The van der Waals surface area contributed by atoms with Gasteiger partial charge in [-0.1, -0.05) is 31.2 Å². The molecule has 0 spiro atoms. The van der Waals surface area contributed by atoms with Gasteiger partial charge in [0.1, 0.15) is 0 Å². The Labute approximate surface area is 190 Å². The molecule has 1 aliphatic rings. The first-order chi connectivity index (χ1) is 13.2. The third-order valence-electron chi connectivity index (χ3n) is 5.04. The minimum Gasteiger partial charge on any atom is -0.360 e. The van der Waals surface area contributed by atoms with Crippen molar-refractivity contribution in [2.45, 2.75) is 20.0 Å². The van der Waals surface area contributed by atoms with E-state index in [9.17, 15) is 0 Å². The van der Waals surface area contributed by atoms with Crippen LogP contribution in [0.15, 0.2) is 46.8 Å². The monoisotopic (exact) mass is 513 g/mol. The molecule has 1 saturated heterocycles. The van der Waals surface area contributed by atoms with Crippen molar-refractivity contribution >= 4 is 46.3 Å². The number of benzene rings is 1. The van der Waals surface area contributed by atoms with E-state index in [1.165, 1.54) is 16.1 Å². The summed E-state index contributed by atoms with van der Waals surface area (Å²) in [4.78, 5) is 11.6. The second-order valence-electron chi connectivity index (χ2n) is 6.98. The molecule has 0 unspecified atom stereocenters. The Bertz CT molecular complexity index is 726. The maximum absolute atomic E-state index is 4.51. The fourth-order valence-electron chi connectivity index (χ4n) is 3.36. The van der Waals surface area contributed by atoms with Crippen molar-refractivity contribution < 1.29 is 0 Å². The zero-order valence-electron chi connectivity index (χ0n) is 17.1. The predicted octanol–water partition coefficient (Wildman–Crippen LogP) is 3.72. The zero-order valence-corrected chi connectivity index (χ0v) is 20.2. The van der Waals surface area contributed by atoms with Crippen LogP contribution in [0.4, 0.5) is 5.00 Å². The summed E-state index contributed by atoms with van der Waals surface area (Å²) in [5.74, 6) is 0.997. The van der Waals surface area contributed by atoms with Crippen LogP contribution in [0, 0.1) is 0 Å². The minimum absolute atomic E-state index is 0. The minimum atomic E-state index is 0. The van der Waals surface area contributed by atoms with E-state index in [1.807, 2.05) is 18.4 Å². The van der Waals surface area contributed by atoms with Gasteiger partial charge >= 0.3 is 0 Å². The summed E-state index contributed by atoms with van der Waals surface area (Å²) in [6.45, 7) is 9.13. The maximum Gasteiger partial charge on any atom is 0.194 e. The Morgan fingerprint density at radius 1 is 1.14 bits per heavy atom. The molecule has 5 nitrogen and oxygen atoms in total. The number of rotatable bonds is 6. The lowest BCUT2D eigenvalue weighted by atomic mass is 10.1. The lowest BCUT2D eigenvalue weighted by Crippen LogP contribution is -2.52. The van der Waals surface area contributed by atoms with Gasteiger partial charge in [-0.05, 0) is 42.2 Å². The second kappa shape index (κ2) is 11.6. The van der Waals surface area contributed by atoms with Gasteiger partial charge in [-0.15, -0.1) is 35.3 Å². The first kappa shape index (κ1) is 23.0. The molecule has 0 amide bonds. The molecule has 154 valence electrons. The normalized spacial score (nSPS) is 14.9. The van der Waals surface area contributed by atoms with E-state index in [4.69, 9.17) is 0 Å². The maximum atomic E-state index is 4.51. The highest BCUT2D eigenvalue weighted by molar-refractivity contribution is 14.0. The lowest BCUT2D eigenvalue weighted by molar-refractivity contribution is 0.345. The van der Waals surface area contributed by atoms with Gasteiger partial charge in [0.15, 0.2) is 5.96 Å². The Morgan fingerprint density at radius 3 is 2.54 bits per heavy atom. The molecule has 1 aliphatic heterocycles. The Balaban J connectivity index is 0.00000280. The molecule has 2 heterocycles. The molecule has 3 rings (SSSR count). The molecule has 2 aromatic rings. The summed E-state index contributed by atoms with van der Waals surface area (Å²) in [5, 5.41) is 7.06. The second-order valence-corrected chi connectivity index (χ2v) is 7.90. The summed E-state index contributed by atoms with van der Waals surface area (Å²) < 4.78 is 0.